The zero-order chi connectivity index (χ0) is 79.3. The van der Waals surface area contributed by atoms with Gasteiger partial charge in [0.2, 0.25) is 43.7 Å². The van der Waals surface area contributed by atoms with Gasteiger partial charge in [-0.05, 0) is 195 Å². The van der Waals surface area contributed by atoms with Crippen LogP contribution in [0.1, 0.15) is 158 Å². The third-order valence-corrected chi connectivity index (χ3v) is 24.9. The second kappa shape index (κ2) is 36.7. The maximum absolute atomic E-state index is 13.6. The molecule has 24 nitrogen and oxygen atoms in total. The van der Waals surface area contributed by atoms with E-state index < -0.39 is 31.9 Å². The summed E-state index contributed by atoms with van der Waals surface area (Å²) in [6, 6.07) is 38.8. The van der Waals surface area contributed by atoms with Crippen molar-refractivity contribution in [2.24, 2.45) is 0 Å². The number of nitrogens with zero attached hydrogens (tertiary/aromatic N) is 6. The molecule has 7 aliphatic rings. The smallest absolute Gasteiger partial charge is 0.264 e. The highest BCUT2D eigenvalue weighted by atomic mass is 32.2. The van der Waals surface area contributed by atoms with Gasteiger partial charge in [-0.1, -0.05) is 75.0 Å². The van der Waals surface area contributed by atoms with Gasteiger partial charge in [0, 0.05) is 121 Å². The van der Waals surface area contributed by atoms with Crippen molar-refractivity contribution < 1.29 is 64.6 Å². The first-order chi connectivity index (χ1) is 55.4. The zero-order valence-corrected chi connectivity index (χ0v) is 66.3. The second-order valence-electron chi connectivity index (χ2n) is 30.3. The van der Waals surface area contributed by atoms with Crippen LogP contribution in [0.25, 0.3) is 44.3 Å². The molecule has 15 rings (SSSR count). The molecule has 5 aliphatic heterocycles. The Morgan fingerprint density at radius 1 is 0.588 bits per heavy atom. The maximum Gasteiger partial charge on any atom is 0.264 e. The predicted octanol–water partition coefficient (Wildman–Crippen LogP) is 12.9. The summed E-state index contributed by atoms with van der Waals surface area (Å²) in [5.41, 5.74) is 13.5. The van der Waals surface area contributed by atoms with Crippen molar-refractivity contribution >= 4 is 100 Å². The fraction of sp³-hybridized carbons (Fsp3) is 0.409. The summed E-state index contributed by atoms with van der Waals surface area (Å²) in [5.74, 6) is -0.413. The number of aromatic nitrogens is 2. The molecular weight excluding hydrogens is 1490 g/mol. The fourth-order valence-corrected chi connectivity index (χ4v) is 18.7. The quantitative estimate of drug-likeness (QED) is 0.0342. The van der Waals surface area contributed by atoms with E-state index in [9.17, 15) is 45.6 Å². The average Bonchev–Trinajstić information content (AvgIpc) is 1.59. The van der Waals surface area contributed by atoms with Gasteiger partial charge in [0.05, 0.1) is 60.4 Å². The molecule has 600 valence electrons. The van der Waals surface area contributed by atoms with Crippen molar-refractivity contribution in [2.45, 2.75) is 141 Å². The maximum atomic E-state index is 13.6. The van der Waals surface area contributed by atoms with Gasteiger partial charge in [0.15, 0.2) is 0 Å². The number of rotatable bonds is 23. The first-order valence-electron chi connectivity index (χ1n) is 40.2. The summed E-state index contributed by atoms with van der Waals surface area (Å²) >= 11 is 0. The number of amides is 6. The lowest BCUT2D eigenvalue weighted by Gasteiger charge is -2.31. The Labute approximate surface area is 667 Å². The molecule has 6 fully saturated rings. The van der Waals surface area contributed by atoms with Gasteiger partial charge in [-0.25, -0.2) is 26.3 Å². The Morgan fingerprint density at radius 2 is 1.12 bits per heavy atom. The van der Waals surface area contributed by atoms with Gasteiger partial charge in [-0.3, -0.25) is 28.8 Å². The van der Waals surface area contributed by atoms with Gasteiger partial charge in [-0.2, -0.15) is 0 Å². The lowest BCUT2D eigenvalue weighted by molar-refractivity contribution is -0.122. The third-order valence-electron chi connectivity index (χ3n) is 22.6. The van der Waals surface area contributed by atoms with Crippen LogP contribution in [0.4, 0.5) is 22.7 Å². The van der Waals surface area contributed by atoms with Crippen molar-refractivity contribution in [2.75, 3.05) is 110 Å². The number of nitrogens with one attached hydrogen (secondary N) is 4. The van der Waals surface area contributed by atoms with E-state index in [1.807, 2.05) is 91.7 Å². The van der Waals surface area contributed by atoms with Gasteiger partial charge < -0.3 is 58.3 Å². The molecule has 0 spiro atoms. The van der Waals surface area contributed by atoms with Gasteiger partial charge in [-0.15, -0.1) is 13.2 Å². The Bertz CT molecular complexity index is 5170. The van der Waals surface area contributed by atoms with E-state index in [-0.39, 0.29) is 71.2 Å². The van der Waals surface area contributed by atoms with Gasteiger partial charge in [0.1, 0.15) is 37.8 Å². The third kappa shape index (κ3) is 18.9. The lowest BCUT2D eigenvalue weighted by atomic mass is 9.81. The van der Waals surface area contributed by atoms with Crippen LogP contribution in [0.3, 0.4) is 0 Å². The monoisotopic (exact) mass is 1590 g/mol. The Balaban J connectivity index is 0.000000189. The molecule has 2 saturated carbocycles. The normalized spacial score (nSPS) is 18.4. The van der Waals surface area contributed by atoms with Crippen molar-refractivity contribution in [1.29, 1.82) is 0 Å². The van der Waals surface area contributed by atoms with Crippen LogP contribution >= 0.6 is 0 Å². The van der Waals surface area contributed by atoms with Crippen LogP contribution in [0, 0.1) is 0 Å². The molecule has 26 heteroatoms. The first-order valence-corrected chi connectivity index (χ1v) is 43.5. The Kier molecular flexibility index (Phi) is 25.8. The van der Waals surface area contributed by atoms with E-state index in [1.54, 1.807) is 36.4 Å². The molecule has 6 amide bonds. The number of fused-ring (bicyclic) bond motifs is 2. The predicted molar refractivity (Wildman–Crippen MR) is 444 cm³/mol. The van der Waals surface area contributed by atoms with E-state index in [1.165, 1.54) is 18.6 Å². The number of benzene rings is 6. The summed E-state index contributed by atoms with van der Waals surface area (Å²) < 4.78 is 82.9. The SMILES string of the molecule is C=CCCNC(=O)Cn1c(-c2ccc(OCc3cc(N4CCCC4=O)ccc3N3CCOCC3)cc2)c(C2CCCCC2)c2ccc(C(=O)NS(=O)(=O)CC=C)cc21.O=C1Cn2c(-c3ccc(OCc4cc(N5CCCC5=O)ccc4N4CCOCC4)cc3)c(C3CCCCC3)c3ccc(cc32)C(=O)NS(=O)(=O)C/C=C\CCN1. The molecule has 4 N–H and O–H groups in total. The number of anilines is 4. The zero-order valence-electron chi connectivity index (χ0n) is 64.7. The molecule has 8 aromatic rings. The molecule has 2 aliphatic carbocycles. The second-order valence-corrected chi connectivity index (χ2v) is 33.9. The highest BCUT2D eigenvalue weighted by Crippen LogP contribution is 2.47. The summed E-state index contributed by atoms with van der Waals surface area (Å²) in [4.78, 5) is 87.3. The molecule has 0 atom stereocenters. The Morgan fingerprint density at radius 3 is 1.67 bits per heavy atom. The van der Waals surface area contributed by atoms with E-state index >= 15 is 0 Å². The van der Waals surface area contributed by atoms with E-state index in [0.29, 0.717) is 114 Å². The molecular formula is C88H102N10O14S2. The fourth-order valence-electron chi connectivity index (χ4n) is 17.1. The number of hydrogen-bond acceptors (Lipinski definition) is 16. The van der Waals surface area contributed by atoms with Crippen LogP contribution in [0.15, 0.2) is 159 Å². The van der Waals surface area contributed by atoms with Crippen LogP contribution in [0.5, 0.6) is 11.5 Å². The van der Waals surface area contributed by atoms with Crippen LogP contribution in [-0.2, 0) is 75.0 Å². The molecule has 4 saturated heterocycles. The van der Waals surface area contributed by atoms with Crippen LogP contribution < -0.4 is 49.2 Å². The number of hydrogen-bond donors (Lipinski definition) is 4. The number of ether oxygens (including phenoxy) is 4. The summed E-state index contributed by atoms with van der Waals surface area (Å²) in [7, 11) is -7.81. The van der Waals surface area contributed by atoms with Crippen molar-refractivity contribution in [1.82, 2.24) is 29.2 Å². The number of sulfonamides is 2. The van der Waals surface area contributed by atoms with Crippen molar-refractivity contribution in [3.8, 4) is 34.0 Å². The van der Waals surface area contributed by atoms with Gasteiger partial charge in [0.25, 0.3) is 11.8 Å². The lowest BCUT2D eigenvalue weighted by Crippen LogP contribution is -2.37. The first kappa shape index (κ1) is 80.1. The van der Waals surface area contributed by atoms with E-state index in [0.717, 1.165) is 175 Å². The highest BCUT2D eigenvalue weighted by molar-refractivity contribution is 7.90. The van der Waals surface area contributed by atoms with Crippen molar-refractivity contribution in [3.05, 3.63) is 192 Å². The number of morpholine rings is 2. The minimum absolute atomic E-state index is 0.00599. The highest BCUT2D eigenvalue weighted by Gasteiger charge is 2.33. The molecule has 2 bridgehead atoms. The molecule has 114 heavy (non-hydrogen) atoms. The van der Waals surface area contributed by atoms with Crippen molar-refractivity contribution in [3.63, 3.8) is 0 Å². The minimum atomic E-state index is -3.91. The minimum Gasteiger partial charge on any atom is -0.489 e. The average molecular weight is 1590 g/mol. The molecule has 0 radical (unpaired) electrons. The largest absolute Gasteiger partial charge is 0.489 e. The molecule has 2 aromatic heterocycles. The number of carbonyl (C=O) groups is 6. The van der Waals surface area contributed by atoms with Gasteiger partial charge >= 0.3 is 0 Å². The Hall–Kier alpha value is -10.5. The summed E-state index contributed by atoms with van der Waals surface area (Å²) in [6.07, 6.45) is 20.8. The molecule has 0 unspecified atom stereocenters. The van der Waals surface area contributed by atoms with Crippen LogP contribution in [0.2, 0.25) is 0 Å². The summed E-state index contributed by atoms with van der Waals surface area (Å²) in [5, 5.41) is 7.87. The number of carbonyl (C=O) groups excluding carboxylic acids is 6. The van der Waals surface area contributed by atoms with E-state index in [2.05, 4.69) is 67.3 Å². The summed E-state index contributed by atoms with van der Waals surface area (Å²) in [6.45, 7) is 15.8. The molecule has 7 heterocycles. The molecule has 6 aromatic carbocycles. The topological polar surface area (TPSA) is 279 Å². The van der Waals surface area contributed by atoms with Crippen LogP contribution in [-0.4, -0.2) is 152 Å². The van der Waals surface area contributed by atoms with E-state index in [4.69, 9.17) is 18.9 Å². The standard InChI is InChI=1S/C45H53N5O7S.C43H49N5O7S/c1-3-5-21-46-41(51)30-50-40-29-34(45(53)47-58(54,55)27-4-2)15-19-38(40)43(32-10-7-6-8-11-32)44(50)33-13-17-37(18-14-33)57-31-35-28-36(49-22-9-12-42(49)52)16-20-39(35)48-23-25-56-26-24-48;49-39-28-48-38-27-32(43(51)45-56(52,53)25-6-2-5-19-44-39)13-17-36(38)41(30-8-3-1-4-9-30)42(48)31-11-15-35(16-12-31)55-29-33-26-34(47-20-7-10-40(47)50)14-18-37(33)46-21-23-54-24-22-46/h3-4,13-20,28-29,32H,1-2,5-12,21-27,30-31H2,(H,46,51)(H,47,53);2,6,11-18,26-27,30H,1,3-5,7-10,19-25,28-29H2,(H,44,49)(H,45,51)/b;6-2-.